The van der Waals surface area contributed by atoms with E-state index >= 15 is 0 Å². The Kier molecular flexibility index (Phi) is 7.63. The molecule has 0 bridgehead atoms. The SMILES string of the molecule is COc1cc(/C=C2\C(=O)NC(=O)N(c3ccc(C)c(C)c3)C2=O)cc(Br)c1OS(=O)(=O)c1ccc(Cl)cc1. The van der Waals surface area contributed by atoms with E-state index in [1.165, 1.54) is 49.6 Å². The molecular weight excluding hydrogens is 600 g/mol. The van der Waals surface area contributed by atoms with Crippen LogP contribution in [0, 0.1) is 13.8 Å². The second kappa shape index (κ2) is 10.6. The van der Waals surface area contributed by atoms with E-state index in [1.54, 1.807) is 18.2 Å². The lowest BCUT2D eigenvalue weighted by atomic mass is 10.0. The summed E-state index contributed by atoms with van der Waals surface area (Å²) in [6.07, 6.45) is 1.27. The number of rotatable bonds is 6. The number of nitrogens with one attached hydrogen (secondary N) is 1. The highest BCUT2D eigenvalue weighted by Crippen LogP contribution is 2.39. The maximum absolute atomic E-state index is 13.2. The van der Waals surface area contributed by atoms with Crippen LogP contribution in [0.25, 0.3) is 6.08 Å². The van der Waals surface area contributed by atoms with Crippen LogP contribution in [0.4, 0.5) is 10.5 Å². The van der Waals surface area contributed by atoms with Gasteiger partial charge in [-0.3, -0.25) is 14.9 Å². The van der Waals surface area contributed by atoms with Gasteiger partial charge in [-0.1, -0.05) is 17.7 Å². The number of amides is 4. The van der Waals surface area contributed by atoms with Gasteiger partial charge in [0.05, 0.1) is 17.3 Å². The highest BCUT2D eigenvalue weighted by Gasteiger charge is 2.37. The average Bonchev–Trinajstić information content (AvgIpc) is 2.85. The zero-order chi connectivity index (χ0) is 27.8. The predicted molar refractivity (Wildman–Crippen MR) is 145 cm³/mol. The summed E-state index contributed by atoms with van der Waals surface area (Å²) in [4.78, 5) is 39.1. The summed E-state index contributed by atoms with van der Waals surface area (Å²) in [6, 6.07) is 12.4. The summed E-state index contributed by atoms with van der Waals surface area (Å²) in [7, 11) is -2.94. The van der Waals surface area contributed by atoms with Gasteiger partial charge in [-0.15, -0.1) is 0 Å². The molecule has 0 aliphatic carbocycles. The first-order chi connectivity index (χ1) is 17.9. The van der Waals surface area contributed by atoms with Crippen LogP contribution in [-0.4, -0.2) is 33.4 Å². The average molecular weight is 620 g/mol. The van der Waals surface area contributed by atoms with E-state index in [1.807, 2.05) is 13.8 Å². The Hall–Kier alpha value is -3.67. The Morgan fingerprint density at radius 3 is 2.29 bits per heavy atom. The molecule has 0 unspecified atom stereocenters. The van der Waals surface area contributed by atoms with Crippen molar-refractivity contribution < 1.29 is 31.7 Å². The van der Waals surface area contributed by atoms with Gasteiger partial charge in [0.2, 0.25) is 0 Å². The Labute approximate surface area is 232 Å². The van der Waals surface area contributed by atoms with Crippen LogP contribution in [0.5, 0.6) is 11.5 Å². The van der Waals surface area contributed by atoms with Crippen molar-refractivity contribution in [1.82, 2.24) is 5.32 Å². The number of methoxy groups -OCH3 is 1. The van der Waals surface area contributed by atoms with Crippen molar-refractivity contribution in [2.45, 2.75) is 18.7 Å². The fourth-order valence-electron chi connectivity index (χ4n) is 3.59. The summed E-state index contributed by atoms with van der Waals surface area (Å²) in [6.45, 7) is 3.74. The van der Waals surface area contributed by atoms with Crippen LogP contribution in [0.15, 0.2) is 69.5 Å². The molecule has 1 N–H and O–H groups in total. The molecule has 1 saturated heterocycles. The Balaban J connectivity index is 1.70. The molecule has 0 radical (unpaired) electrons. The van der Waals surface area contributed by atoms with E-state index in [0.717, 1.165) is 16.0 Å². The highest BCUT2D eigenvalue weighted by atomic mass is 79.9. The van der Waals surface area contributed by atoms with Gasteiger partial charge < -0.3 is 8.92 Å². The fraction of sp³-hybridized carbons (Fsp3) is 0.115. The van der Waals surface area contributed by atoms with Crippen molar-refractivity contribution in [2.24, 2.45) is 0 Å². The van der Waals surface area contributed by atoms with E-state index in [-0.39, 0.29) is 26.4 Å². The van der Waals surface area contributed by atoms with Crippen LogP contribution in [0.3, 0.4) is 0 Å². The molecule has 38 heavy (non-hydrogen) atoms. The molecule has 1 aliphatic rings. The molecular formula is C26H20BrClN2O7S. The van der Waals surface area contributed by atoms with Crippen LogP contribution >= 0.6 is 27.5 Å². The van der Waals surface area contributed by atoms with E-state index < -0.39 is 28.0 Å². The number of imide groups is 2. The van der Waals surface area contributed by atoms with E-state index in [9.17, 15) is 22.8 Å². The Morgan fingerprint density at radius 1 is 0.974 bits per heavy atom. The van der Waals surface area contributed by atoms with E-state index in [0.29, 0.717) is 16.3 Å². The van der Waals surface area contributed by atoms with Crippen molar-refractivity contribution in [1.29, 1.82) is 0 Å². The van der Waals surface area contributed by atoms with Gasteiger partial charge in [-0.25, -0.2) is 9.69 Å². The van der Waals surface area contributed by atoms with Gasteiger partial charge in [-0.2, -0.15) is 8.42 Å². The first kappa shape index (κ1) is 27.4. The minimum Gasteiger partial charge on any atom is -0.493 e. The number of ether oxygens (including phenoxy) is 1. The van der Waals surface area contributed by atoms with Crippen LogP contribution < -0.4 is 19.1 Å². The molecule has 0 saturated carbocycles. The van der Waals surface area contributed by atoms with Gasteiger partial charge in [0.1, 0.15) is 10.5 Å². The maximum Gasteiger partial charge on any atom is 0.339 e. The first-order valence-corrected chi connectivity index (χ1v) is 13.6. The molecule has 3 aromatic carbocycles. The molecule has 0 spiro atoms. The highest BCUT2D eigenvalue weighted by molar-refractivity contribution is 9.10. The molecule has 3 aromatic rings. The van der Waals surface area contributed by atoms with Gasteiger partial charge in [0.25, 0.3) is 11.8 Å². The van der Waals surface area contributed by atoms with E-state index in [4.69, 9.17) is 20.5 Å². The quantitative estimate of drug-likeness (QED) is 0.230. The summed E-state index contributed by atoms with van der Waals surface area (Å²) in [5.74, 6) is -1.82. The molecule has 196 valence electrons. The lowest BCUT2D eigenvalue weighted by molar-refractivity contribution is -0.122. The van der Waals surface area contributed by atoms with Gasteiger partial charge in [0.15, 0.2) is 11.5 Å². The molecule has 1 fully saturated rings. The predicted octanol–water partition coefficient (Wildman–Crippen LogP) is 5.16. The lowest BCUT2D eigenvalue weighted by Crippen LogP contribution is -2.54. The van der Waals surface area contributed by atoms with Crippen LogP contribution in [-0.2, 0) is 19.7 Å². The molecule has 0 aromatic heterocycles. The van der Waals surface area contributed by atoms with Gasteiger partial charge >= 0.3 is 16.1 Å². The zero-order valence-electron chi connectivity index (χ0n) is 20.2. The number of hydrogen-bond donors (Lipinski definition) is 1. The summed E-state index contributed by atoms with van der Waals surface area (Å²) >= 11 is 9.11. The Morgan fingerprint density at radius 2 is 1.66 bits per heavy atom. The van der Waals surface area contributed by atoms with Crippen LogP contribution in [0.1, 0.15) is 16.7 Å². The topological polar surface area (TPSA) is 119 Å². The zero-order valence-corrected chi connectivity index (χ0v) is 23.4. The number of carbonyl (C=O) groups is 3. The van der Waals surface area contributed by atoms with Crippen molar-refractivity contribution >= 4 is 67.3 Å². The van der Waals surface area contributed by atoms with Crippen molar-refractivity contribution in [2.75, 3.05) is 12.0 Å². The number of carbonyl (C=O) groups excluding carboxylic acids is 3. The molecule has 0 atom stereocenters. The lowest BCUT2D eigenvalue weighted by Gasteiger charge is -2.27. The third kappa shape index (κ3) is 5.45. The van der Waals surface area contributed by atoms with Gasteiger partial charge in [-0.05, 0) is 101 Å². The number of anilines is 1. The largest absolute Gasteiger partial charge is 0.493 e. The first-order valence-electron chi connectivity index (χ1n) is 11.0. The molecule has 4 amide bonds. The summed E-state index contributed by atoms with van der Waals surface area (Å²) < 4.78 is 36.4. The number of nitrogens with zero attached hydrogens (tertiary/aromatic N) is 1. The molecule has 4 rings (SSSR count). The third-order valence-electron chi connectivity index (χ3n) is 5.71. The van der Waals surface area contributed by atoms with Gasteiger partial charge in [0, 0.05) is 5.02 Å². The summed E-state index contributed by atoms with van der Waals surface area (Å²) in [5.41, 5.74) is 2.15. The number of halogens is 2. The standard InChI is InChI=1S/C26H20BrClN2O7S/c1-14-4-7-18(10-15(14)2)30-25(32)20(24(31)29-26(30)33)11-16-12-21(27)23(22(13-16)36-3)37-38(34,35)19-8-5-17(28)6-9-19/h4-13H,1-3H3,(H,29,31,33)/b20-11+. The molecule has 1 heterocycles. The monoisotopic (exact) mass is 618 g/mol. The summed E-state index contributed by atoms with van der Waals surface area (Å²) in [5, 5.41) is 2.53. The smallest absolute Gasteiger partial charge is 0.339 e. The number of aryl methyl sites for hydroxylation is 2. The van der Waals surface area contributed by atoms with E-state index in [2.05, 4.69) is 21.2 Å². The Bertz CT molecular complexity index is 1620. The van der Waals surface area contributed by atoms with Crippen LogP contribution in [0.2, 0.25) is 5.02 Å². The van der Waals surface area contributed by atoms with Crippen molar-refractivity contribution in [3.8, 4) is 11.5 Å². The maximum atomic E-state index is 13.2. The third-order valence-corrected chi connectivity index (χ3v) is 7.79. The fourth-order valence-corrected chi connectivity index (χ4v) is 5.32. The minimum atomic E-state index is -4.24. The molecule has 1 aliphatic heterocycles. The molecule has 12 heteroatoms. The second-order valence-electron chi connectivity index (χ2n) is 8.25. The number of benzene rings is 3. The normalized spacial score (nSPS) is 15.0. The van der Waals surface area contributed by atoms with Crippen molar-refractivity contribution in [3.05, 3.63) is 86.4 Å². The number of hydrogen-bond acceptors (Lipinski definition) is 7. The van der Waals surface area contributed by atoms with Crippen molar-refractivity contribution in [3.63, 3.8) is 0 Å². The molecule has 9 nitrogen and oxygen atoms in total. The second-order valence-corrected chi connectivity index (χ2v) is 11.1. The number of barbiturate groups is 1. The minimum absolute atomic E-state index is 0.00882. The number of urea groups is 1.